The molecule has 1 heterocycles. The molecule has 1 atom stereocenters. The number of carbonyl (C=O) groups is 2. The summed E-state index contributed by atoms with van der Waals surface area (Å²) in [5.41, 5.74) is 3.59. The summed E-state index contributed by atoms with van der Waals surface area (Å²) in [6.07, 6.45) is 0.768. The zero-order chi connectivity index (χ0) is 23.8. The first-order valence-corrected chi connectivity index (χ1v) is 11.0. The molecule has 8 heteroatoms. The number of carbonyl (C=O) groups excluding carboxylic acids is 2. The highest BCUT2D eigenvalue weighted by molar-refractivity contribution is 7.80. The molecule has 3 rings (SSSR count). The van der Waals surface area contributed by atoms with Gasteiger partial charge in [-0.05, 0) is 48.8 Å². The van der Waals surface area contributed by atoms with E-state index in [9.17, 15) is 9.59 Å². The van der Waals surface area contributed by atoms with Crippen LogP contribution in [0.4, 0.5) is 0 Å². The van der Waals surface area contributed by atoms with Crippen LogP contribution in [0.25, 0.3) is 0 Å². The molecule has 1 aliphatic heterocycles. The number of nitrogens with one attached hydrogen (secondary N) is 1. The van der Waals surface area contributed by atoms with Crippen LogP contribution in [0.15, 0.2) is 65.9 Å². The number of allylic oxidation sites excluding steroid dienone is 1. The van der Waals surface area contributed by atoms with Crippen molar-refractivity contribution < 1.29 is 23.8 Å². The van der Waals surface area contributed by atoms with E-state index in [1.807, 2.05) is 30.0 Å². The van der Waals surface area contributed by atoms with Gasteiger partial charge in [0.25, 0.3) is 0 Å². The first-order valence-electron chi connectivity index (χ1n) is 10.6. The predicted octanol–water partition coefficient (Wildman–Crippen LogP) is 3.41. The topological polar surface area (TPSA) is 77.1 Å². The van der Waals surface area contributed by atoms with Crippen LogP contribution in [0.5, 0.6) is 0 Å². The van der Waals surface area contributed by atoms with Crippen LogP contribution < -0.4 is 5.32 Å². The van der Waals surface area contributed by atoms with Gasteiger partial charge in [0.15, 0.2) is 5.11 Å². The molecule has 7 nitrogen and oxygen atoms in total. The third kappa shape index (κ3) is 5.97. The summed E-state index contributed by atoms with van der Waals surface area (Å²) >= 11 is 5.66. The zero-order valence-electron chi connectivity index (χ0n) is 19.0. The third-order valence-corrected chi connectivity index (χ3v) is 5.81. The SMILES string of the molecule is COCCOC(=O)C1=C(C)N(CCc2ccccc2)C(=S)N[C@@H]1c1ccc(C(=O)OC)cc1. The van der Waals surface area contributed by atoms with Gasteiger partial charge in [0.1, 0.15) is 6.61 Å². The largest absolute Gasteiger partial charge is 0.465 e. The second-order valence-corrected chi connectivity index (χ2v) is 7.90. The number of esters is 2. The Labute approximate surface area is 199 Å². The van der Waals surface area contributed by atoms with Gasteiger partial charge in [0.2, 0.25) is 0 Å². The Kier molecular flexibility index (Phi) is 8.57. The highest BCUT2D eigenvalue weighted by atomic mass is 32.1. The molecular weight excluding hydrogens is 440 g/mol. The maximum Gasteiger partial charge on any atom is 0.338 e. The lowest BCUT2D eigenvalue weighted by Crippen LogP contribution is -2.48. The molecule has 0 fully saturated rings. The first-order chi connectivity index (χ1) is 16.0. The minimum Gasteiger partial charge on any atom is -0.465 e. The number of methoxy groups -OCH3 is 2. The van der Waals surface area contributed by atoms with E-state index in [1.165, 1.54) is 12.7 Å². The number of hydrogen-bond acceptors (Lipinski definition) is 6. The summed E-state index contributed by atoms with van der Waals surface area (Å²) in [7, 11) is 2.89. The van der Waals surface area contributed by atoms with Crippen LogP contribution in [0.2, 0.25) is 0 Å². The molecule has 0 saturated heterocycles. The van der Waals surface area contributed by atoms with Gasteiger partial charge < -0.3 is 24.4 Å². The van der Waals surface area contributed by atoms with E-state index < -0.39 is 18.0 Å². The molecule has 174 valence electrons. The number of benzene rings is 2. The molecule has 0 aromatic heterocycles. The quantitative estimate of drug-likeness (QED) is 0.341. The van der Waals surface area contributed by atoms with E-state index in [-0.39, 0.29) is 6.61 Å². The van der Waals surface area contributed by atoms with Crippen LogP contribution in [0.3, 0.4) is 0 Å². The Morgan fingerprint density at radius 3 is 2.33 bits per heavy atom. The fourth-order valence-electron chi connectivity index (χ4n) is 3.68. The van der Waals surface area contributed by atoms with E-state index in [0.717, 1.165) is 17.7 Å². The highest BCUT2D eigenvalue weighted by Crippen LogP contribution is 2.32. The van der Waals surface area contributed by atoms with Gasteiger partial charge >= 0.3 is 11.9 Å². The number of ether oxygens (including phenoxy) is 3. The van der Waals surface area contributed by atoms with Crippen LogP contribution in [-0.2, 0) is 25.4 Å². The van der Waals surface area contributed by atoms with Gasteiger partial charge in [-0.2, -0.15) is 0 Å². The molecule has 0 saturated carbocycles. The average Bonchev–Trinajstić information content (AvgIpc) is 2.83. The molecule has 33 heavy (non-hydrogen) atoms. The smallest absolute Gasteiger partial charge is 0.338 e. The molecule has 0 amide bonds. The Hall–Kier alpha value is -3.23. The molecule has 2 aromatic rings. The lowest BCUT2D eigenvalue weighted by molar-refractivity contribution is -0.140. The molecule has 0 bridgehead atoms. The summed E-state index contributed by atoms with van der Waals surface area (Å²) in [6, 6.07) is 16.5. The summed E-state index contributed by atoms with van der Waals surface area (Å²) < 4.78 is 15.2. The lowest BCUT2D eigenvalue weighted by atomic mass is 9.94. The molecular formula is C25H28N2O5S. The maximum absolute atomic E-state index is 13.1. The van der Waals surface area contributed by atoms with Crippen molar-refractivity contribution in [3.63, 3.8) is 0 Å². The fourth-order valence-corrected chi connectivity index (χ4v) is 4.02. The minimum atomic E-state index is -0.507. The van der Waals surface area contributed by atoms with Crippen LogP contribution >= 0.6 is 12.2 Å². The monoisotopic (exact) mass is 468 g/mol. The second-order valence-electron chi connectivity index (χ2n) is 7.51. The van der Waals surface area contributed by atoms with Crippen molar-refractivity contribution in [2.24, 2.45) is 0 Å². The van der Waals surface area contributed by atoms with E-state index in [0.29, 0.717) is 29.4 Å². The predicted molar refractivity (Wildman–Crippen MR) is 129 cm³/mol. The Morgan fingerprint density at radius 1 is 1.00 bits per heavy atom. The van der Waals surface area contributed by atoms with Crippen LogP contribution in [-0.4, -0.2) is 55.9 Å². The lowest BCUT2D eigenvalue weighted by Gasteiger charge is -2.37. The second kappa shape index (κ2) is 11.6. The van der Waals surface area contributed by atoms with Gasteiger partial charge in [0.05, 0.1) is 30.9 Å². The normalized spacial score (nSPS) is 15.8. The van der Waals surface area contributed by atoms with E-state index >= 15 is 0 Å². The van der Waals surface area contributed by atoms with Crippen molar-refractivity contribution in [2.45, 2.75) is 19.4 Å². The van der Waals surface area contributed by atoms with Gasteiger partial charge in [-0.25, -0.2) is 9.59 Å². The van der Waals surface area contributed by atoms with Gasteiger partial charge in [-0.1, -0.05) is 42.5 Å². The molecule has 0 aliphatic carbocycles. The summed E-state index contributed by atoms with van der Waals surface area (Å²) in [6.45, 7) is 2.94. The summed E-state index contributed by atoms with van der Waals surface area (Å²) in [5, 5.41) is 3.81. The highest BCUT2D eigenvalue weighted by Gasteiger charge is 2.34. The van der Waals surface area contributed by atoms with Crippen LogP contribution in [0, 0.1) is 0 Å². The van der Waals surface area contributed by atoms with Crippen molar-refractivity contribution in [2.75, 3.05) is 34.0 Å². The van der Waals surface area contributed by atoms with Gasteiger partial charge in [-0.15, -0.1) is 0 Å². The van der Waals surface area contributed by atoms with Gasteiger partial charge in [-0.3, -0.25) is 0 Å². The number of thiocarbonyl (C=S) groups is 1. The molecule has 2 aromatic carbocycles. The number of rotatable bonds is 9. The Bertz CT molecular complexity index is 1020. The van der Waals surface area contributed by atoms with Crippen molar-refractivity contribution in [3.8, 4) is 0 Å². The molecule has 0 radical (unpaired) electrons. The van der Waals surface area contributed by atoms with Crippen LogP contribution in [0.1, 0.15) is 34.5 Å². The number of nitrogens with zero attached hydrogens (tertiary/aromatic N) is 1. The molecule has 0 unspecified atom stereocenters. The van der Waals surface area contributed by atoms with Crippen molar-refractivity contribution in [1.82, 2.24) is 10.2 Å². The van der Waals surface area contributed by atoms with E-state index in [2.05, 4.69) is 17.4 Å². The summed E-state index contributed by atoms with van der Waals surface area (Å²) in [5.74, 6) is -0.863. The zero-order valence-corrected chi connectivity index (χ0v) is 19.8. The van der Waals surface area contributed by atoms with Crippen molar-refractivity contribution >= 4 is 29.3 Å². The maximum atomic E-state index is 13.1. The van der Waals surface area contributed by atoms with E-state index in [4.69, 9.17) is 26.4 Å². The molecule has 0 spiro atoms. The van der Waals surface area contributed by atoms with E-state index in [1.54, 1.807) is 31.4 Å². The Morgan fingerprint density at radius 2 is 1.70 bits per heavy atom. The molecule has 1 N–H and O–H groups in total. The summed E-state index contributed by atoms with van der Waals surface area (Å²) in [4.78, 5) is 26.8. The number of hydrogen-bond donors (Lipinski definition) is 1. The van der Waals surface area contributed by atoms with Gasteiger partial charge in [0, 0.05) is 19.4 Å². The first kappa shape index (κ1) is 24.4. The minimum absolute atomic E-state index is 0.147. The van der Waals surface area contributed by atoms with Crippen molar-refractivity contribution in [3.05, 3.63) is 82.6 Å². The standard InChI is InChI=1S/C25H28N2O5S/c1-17-21(24(29)32-16-15-30-2)22(19-9-11-20(12-10-19)23(28)31-3)26-25(33)27(17)14-13-18-7-5-4-6-8-18/h4-12,22H,13-16H2,1-3H3,(H,26,33)/t22-/m1/s1. The average molecular weight is 469 g/mol. The Balaban J connectivity index is 1.91. The fraction of sp³-hybridized carbons (Fsp3) is 0.320. The third-order valence-electron chi connectivity index (χ3n) is 5.47. The molecule has 1 aliphatic rings. The van der Waals surface area contributed by atoms with Crippen molar-refractivity contribution in [1.29, 1.82) is 0 Å².